The quantitative estimate of drug-likeness (QED) is 0.584. The topological polar surface area (TPSA) is 37.4 Å². The first-order valence-corrected chi connectivity index (χ1v) is 7.22. The summed E-state index contributed by atoms with van der Waals surface area (Å²) in [6, 6.07) is 4.78. The average molecular weight is 310 g/mol. The fourth-order valence-corrected chi connectivity index (χ4v) is 3.47. The molecule has 1 heterocycles. The molecule has 0 radical (unpaired) electrons. The highest BCUT2D eigenvalue weighted by molar-refractivity contribution is 6.35. The Morgan fingerprint density at radius 1 is 1.05 bits per heavy atom. The molecule has 1 aliphatic heterocycles. The number of fused-ring (bicyclic) bond motifs is 1. The lowest BCUT2D eigenvalue weighted by Gasteiger charge is -2.18. The minimum Gasteiger partial charge on any atom is -0.274 e. The number of halogens is 2. The minimum atomic E-state index is -0.246. The van der Waals surface area contributed by atoms with E-state index in [0.29, 0.717) is 28.6 Å². The molecule has 1 aliphatic carbocycles. The number of hydrogen-bond acceptors (Lipinski definition) is 2. The molecule has 2 atom stereocenters. The molecule has 0 bridgehead atoms. The Labute approximate surface area is 127 Å². The molecule has 1 aromatic carbocycles. The molecule has 1 fully saturated rings. The van der Waals surface area contributed by atoms with Gasteiger partial charge in [0.05, 0.1) is 17.5 Å². The summed E-state index contributed by atoms with van der Waals surface area (Å²) in [5, 5.41) is 0.828. The third-order valence-corrected chi connectivity index (χ3v) is 4.36. The first kappa shape index (κ1) is 13.7. The summed E-state index contributed by atoms with van der Waals surface area (Å²) in [6.07, 6.45) is 3.33. The first-order chi connectivity index (χ1) is 9.47. The van der Waals surface area contributed by atoms with Crippen molar-refractivity contribution in [2.75, 3.05) is 4.90 Å². The van der Waals surface area contributed by atoms with Crippen LogP contribution < -0.4 is 4.90 Å². The molecule has 1 aromatic rings. The maximum atomic E-state index is 12.5. The molecule has 2 aliphatic rings. The summed E-state index contributed by atoms with van der Waals surface area (Å²) in [5.41, 5.74) is 1.63. The van der Waals surface area contributed by atoms with Crippen LogP contribution in [-0.4, -0.2) is 11.8 Å². The monoisotopic (exact) mass is 309 g/mol. The van der Waals surface area contributed by atoms with Gasteiger partial charge < -0.3 is 0 Å². The van der Waals surface area contributed by atoms with Crippen molar-refractivity contribution < 1.29 is 9.59 Å². The van der Waals surface area contributed by atoms with Gasteiger partial charge in [0.2, 0.25) is 11.8 Å². The van der Waals surface area contributed by atoms with Gasteiger partial charge in [0.1, 0.15) is 0 Å². The van der Waals surface area contributed by atoms with Gasteiger partial charge in [-0.25, -0.2) is 4.90 Å². The van der Waals surface area contributed by atoms with Crippen LogP contribution in [0.2, 0.25) is 10.0 Å². The number of benzene rings is 1. The Hall–Kier alpha value is -1.32. The van der Waals surface area contributed by atoms with E-state index in [4.69, 9.17) is 23.2 Å². The average Bonchev–Trinajstić information content (AvgIpc) is 2.60. The predicted molar refractivity (Wildman–Crippen MR) is 78.9 cm³/mol. The van der Waals surface area contributed by atoms with E-state index in [9.17, 15) is 9.59 Å². The standard InChI is InChI=1S/C15H13Cl2NO2/c1-8-2-3-12-13(4-8)15(20)18(14(12)19)11-6-9(16)5-10(17)7-11/h2,5-7,12-13H,3-4H2,1H3/t12-,13-/m1/s1. The summed E-state index contributed by atoms with van der Waals surface area (Å²) < 4.78 is 0. The molecule has 5 heteroatoms. The lowest BCUT2D eigenvalue weighted by molar-refractivity contribution is -0.122. The van der Waals surface area contributed by atoms with Crippen molar-refractivity contribution in [2.24, 2.45) is 11.8 Å². The van der Waals surface area contributed by atoms with E-state index in [1.54, 1.807) is 18.2 Å². The van der Waals surface area contributed by atoms with E-state index in [-0.39, 0.29) is 23.7 Å². The van der Waals surface area contributed by atoms with Crippen LogP contribution in [-0.2, 0) is 9.59 Å². The van der Waals surface area contributed by atoms with Crippen molar-refractivity contribution >= 4 is 40.7 Å². The SMILES string of the molecule is CC1=CC[C@H]2C(=O)N(c3cc(Cl)cc(Cl)c3)C(=O)[C@@H]2C1. The maximum absolute atomic E-state index is 12.5. The Balaban J connectivity index is 2.00. The summed E-state index contributed by atoms with van der Waals surface area (Å²) in [7, 11) is 0. The molecular weight excluding hydrogens is 297 g/mol. The van der Waals surface area contributed by atoms with Crippen molar-refractivity contribution in [1.82, 2.24) is 0 Å². The number of carbonyl (C=O) groups excluding carboxylic acids is 2. The van der Waals surface area contributed by atoms with Gasteiger partial charge in [0.25, 0.3) is 0 Å². The number of allylic oxidation sites excluding steroid dienone is 2. The van der Waals surface area contributed by atoms with Gasteiger partial charge in [-0.05, 0) is 38.0 Å². The van der Waals surface area contributed by atoms with Crippen LogP contribution in [0.1, 0.15) is 19.8 Å². The zero-order chi connectivity index (χ0) is 14.4. The van der Waals surface area contributed by atoms with Gasteiger partial charge in [0, 0.05) is 10.0 Å². The maximum Gasteiger partial charge on any atom is 0.238 e. The molecule has 0 N–H and O–H groups in total. The second-order valence-electron chi connectivity index (χ2n) is 5.34. The molecular formula is C15H13Cl2NO2. The van der Waals surface area contributed by atoms with Crippen molar-refractivity contribution in [1.29, 1.82) is 0 Å². The Bertz CT molecular complexity index is 619. The molecule has 0 aromatic heterocycles. The molecule has 3 nitrogen and oxygen atoms in total. The van der Waals surface area contributed by atoms with Gasteiger partial charge in [-0.3, -0.25) is 9.59 Å². The zero-order valence-electron chi connectivity index (χ0n) is 10.9. The fourth-order valence-electron chi connectivity index (χ4n) is 2.96. The fraction of sp³-hybridized carbons (Fsp3) is 0.333. The molecule has 2 amide bonds. The third kappa shape index (κ3) is 2.15. The number of hydrogen-bond donors (Lipinski definition) is 0. The second kappa shape index (κ2) is 4.90. The second-order valence-corrected chi connectivity index (χ2v) is 6.22. The van der Waals surface area contributed by atoms with Gasteiger partial charge in [0.15, 0.2) is 0 Å². The largest absolute Gasteiger partial charge is 0.274 e. The number of carbonyl (C=O) groups is 2. The molecule has 0 saturated carbocycles. The van der Waals surface area contributed by atoms with Crippen molar-refractivity contribution in [3.8, 4) is 0 Å². The Kier molecular flexibility index (Phi) is 3.35. The van der Waals surface area contributed by atoms with Gasteiger partial charge in [-0.1, -0.05) is 34.9 Å². The zero-order valence-corrected chi connectivity index (χ0v) is 12.4. The Morgan fingerprint density at radius 3 is 2.30 bits per heavy atom. The van der Waals surface area contributed by atoms with E-state index < -0.39 is 0 Å². The highest BCUT2D eigenvalue weighted by Gasteiger charge is 2.48. The first-order valence-electron chi connectivity index (χ1n) is 6.47. The normalized spacial score (nSPS) is 25.8. The molecule has 3 rings (SSSR count). The molecule has 104 valence electrons. The lowest BCUT2D eigenvalue weighted by atomic mass is 9.82. The van der Waals surface area contributed by atoms with E-state index in [1.807, 2.05) is 13.0 Å². The molecule has 20 heavy (non-hydrogen) atoms. The number of rotatable bonds is 1. The number of amides is 2. The van der Waals surface area contributed by atoms with E-state index >= 15 is 0 Å². The van der Waals surface area contributed by atoms with E-state index in [2.05, 4.69) is 0 Å². The van der Waals surface area contributed by atoms with Crippen LogP contribution in [0, 0.1) is 11.8 Å². The van der Waals surface area contributed by atoms with Gasteiger partial charge in [-0.2, -0.15) is 0 Å². The highest BCUT2D eigenvalue weighted by Crippen LogP contribution is 2.40. The van der Waals surface area contributed by atoms with Crippen LogP contribution >= 0.6 is 23.2 Å². The molecule has 0 spiro atoms. The lowest BCUT2D eigenvalue weighted by Crippen LogP contribution is -2.30. The van der Waals surface area contributed by atoms with Crippen LogP contribution in [0.5, 0.6) is 0 Å². The number of imide groups is 1. The van der Waals surface area contributed by atoms with Gasteiger partial charge in [-0.15, -0.1) is 0 Å². The third-order valence-electron chi connectivity index (χ3n) is 3.93. The van der Waals surface area contributed by atoms with Crippen molar-refractivity contribution in [3.05, 3.63) is 39.9 Å². The smallest absolute Gasteiger partial charge is 0.238 e. The predicted octanol–water partition coefficient (Wildman–Crippen LogP) is 3.84. The van der Waals surface area contributed by atoms with E-state index in [1.165, 1.54) is 10.5 Å². The van der Waals surface area contributed by atoms with Crippen LogP contribution in [0.25, 0.3) is 0 Å². The van der Waals surface area contributed by atoms with Crippen LogP contribution in [0.4, 0.5) is 5.69 Å². The minimum absolute atomic E-state index is 0.147. The van der Waals surface area contributed by atoms with Crippen LogP contribution in [0.15, 0.2) is 29.8 Å². The van der Waals surface area contributed by atoms with Gasteiger partial charge >= 0.3 is 0 Å². The molecule has 0 unspecified atom stereocenters. The number of nitrogens with zero attached hydrogens (tertiary/aromatic N) is 1. The molecule has 1 saturated heterocycles. The highest BCUT2D eigenvalue weighted by atomic mass is 35.5. The number of anilines is 1. The van der Waals surface area contributed by atoms with E-state index in [0.717, 1.165) is 0 Å². The summed E-state index contributed by atoms with van der Waals surface area (Å²) in [4.78, 5) is 26.2. The summed E-state index contributed by atoms with van der Waals surface area (Å²) >= 11 is 11.9. The van der Waals surface area contributed by atoms with Crippen molar-refractivity contribution in [3.63, 3.8) is 0 Å². The Morgan fingerprint density at radius 2 is 1.65 bits per heavy atom. The van der Waals surface area contributed by atoms with Crippen LogP contribution in [0.3, 0.4) is 0 Å². The summed E-state index contributed by atoms with van der Waals surface area (Å²) in [5.74, 6) is -0.790. The van der Waals surface area contributed by atoms with Crippen molar-refractivity contribution in [2.45, 2.75) is 19.8 Å². The summed E-state index contributed by atoms with van der Waals surface area (Å²) in [6.45, 7) is 1.99.